The van der Waals surface area contributed by atoms with Gasteiger partial charge in [0.05, 0.1) is 6.10 Å². The molecule has 3 atom stereocenters. The maximum Gasteiger partial charge on any atom is 0.0547 e. The first-order valence-electron chi connectivity index (χ1n) is 4.85. The Morgan fingerprint density at radius 2 is 2.18 bits per heavy atom. The summed E-state index contributed by atoms with van der Waals surface area (Å²) in [5, 5.41) is 0. The molecule has 1 fully saturated rings. The van der Waals surface area contributed by atoms with E-state index >= 15 is 0 Å². The van der Waals surface area contributed by atoms with Crippen LogP contribution in [0.25, 0.3) is 0 Å². The summed E-state index contributed by atoms with van der Waals surface area (Å²) in [4.78, 5) is 0. The number of hydrogen-bond donors (Lipinski definition) is 0. The molecule has 0 bridgehead atoms. The quantitative estimate of drug-likeness (QED) is 0.597. The van der Waals surface area contributed by atoms with Crippen molar-refractivity contribution in [2.45, 2.75) is 46.1 Å². The van der Waals surface area contributed by atoms with Crippen LogP contribution in [-0.4, -0.2) is 12.7 Å². The van der Waals surface area contributed by atoms with E-state index in [1.54, 1.807) is 0 Å². The van der Waals surface area contributed by atoms with Gasteiger partial charge in [-0.3, -0.25) is 0 Å². The molecule has 11 heavy (non-hydrogen) atoms. The van der Waals surface area contributed by atoms with Crippen LogP contribution in [0, 0.1) is 11.8 Å². The van der Waals surface area contributed by atoms with Crippen LogP contribution in [0.4, 0.5) is 0 Å². The van der Waals surface area contributed by atoms with Crippen molar-refractivity contribution in [3.63, 3.8) is 0 Å². The van der Waals surface area contributed by atoms with Gasteiger partial charge in [-0.1, -0.05) is 20.3 Å². The van der Waals surface area contributed by atoms with E-state index in [0.29, 0.717) is 6.10 Å². The summed E-state index contributed by atoms with van der Waals surface area (Å²) in [5.41, 5.74) is 0. The molecule has 1 heterocycles. The Bertz CT molecular complexity index is 103. The molecule has 0 aromatic heterocycles. The zero-order chi connectivity index (χ0) is 8.27. The normalized spacial score (nSPS) is 35.2. The van der Waals surface area contributed by atoms with Crippen molar-refractivity contribution in [3.8, 4) is 0 Å². The maximum atomic E-state index is 5.61. The van der Waals surface area contributed by atoms with Gasteiger partial charge in [-0.2, -0.15) is 0 Å². The third-order valence-electron chi connectivity index (χ3n) is 2.99. The van der Waals surface area contributed by atoms with E-state index in [4.69, 9.17) is 4.74 Å². The lowest BCUT2D eigenvalue weighted by Gasteiger charge is -2.30. The monoisotopic (exact) mass is 156 g/mol. The number of ether oxygens (including phenoxy) is 1. The second-order valence-corrected chi connectivity index (χ2v) is 3.87. The van der Waals surface area contributed by atoms with Crippen molar-refractivity contribution in [1.29, 1.82) is 0 Å². The summed E-state index contributed by atoms with van der Waals surface area (Å²) in [6.45, 7) is 7.77. The average Bonchev–Trinajstić information content (AvgIpc) is 2.05. The first-order valence-corrected chi connectivity index (χ1v) is 4.85. The molecule has 0 amide bonds. The van der Waals surface area contributed by atoms with E-state index in [1.165, 1.54) is 19.3 Å². The minimum absolute atomic E-state index is 0.510. The minimum atomic E-state index is 0.510. The molecule has 1 aliphatic rings. The van der Waals surface area contributed by atoms with Gasteiger partial charge in [0.2, 0.25) is 0 Å². The molecule has 1 unspecified atom stereocenters. The van der Waals surface area contributed by atoms with Crippen molar-refractivity contribution in [2.24, 2.45) is 11.8 Å². The van der Waals surface area contributed by atoms with Crippen molar-refractivity contribution in [1.82, 2.24) is 0 Å². The second-order valence-electron chi connectivity index (χ2n) is 3.87. The van der Waals surface area contributed by atoms with Crippen LogP contribution in [0.1, 0.15) is 40.0 Å². The summed E-state index contributed by atoms with van der Waals surface area (Å²) in [6.07, 6.45) is 4.43. The molecule has 0 saturated carbocycles. The fourth-order valence-corrected chi connectivity index (χ4v) is 1.69. The molecule has 0 spiro atoms. The van der Waals surface area contributed by atoms with Crippen LogP contribution in [0.5, 0.6) is 0 Å². The Balaban J connectivity index is 2.27. The van der Waals surface area contributed by atoms with Crippen molar-refractivity contribution in [2.75, 3.05) is 6.61 Å². The molecule has 1 aliphatic heterocycles. The van der Waals surface area contributed by atoms with Gasteiger partial charge in [0.25, 0.3) is 0 Å². The lowest BCUT2D eigenvalue weighted by atomic mass is 9.86. The van der Waals surface area contributed by atoms with Crippen LogP contribution >= 0.6 is 0 Å². The molecular formula is C10H20O. The molecule has 66 valence electrons. The van der Waals surface area contributed by atoms with Crippen molar-refractivity contribution in [3.05, 3.63) is 0 Å². The second kappa shape index (κ2) is 4.10. The third-order valence-corrected chi connectivity index (χ3v) is 2.99. The van der Waals surface area contributed by atoms with E-state index in [9.17, 15) is 0 Å². The Labute approximate surface area is 70.1 Å². The number of hydrogen-bond acceptors (Lipinski definition) is 1. The molecule has 0 aromatic carbocycles. The van der Waals surface area contributed by atoms with Gasteiger partial charge in [0.1, 0.15) is 0 Å². The minimum Gasteiger partial charge on any atom is -0.378 e. The molecule has 0 aliphatic carbocycles. The zero-order valence-corrected chi connectivity index (χ0v) is 7.97. The van der Waals surface area contributed by atoms with Gasteiger partial charge < -0.3 is 4.74 Å². The third kappa shape index (κ3) is 2.48. The molecule has 1 nitrogen and oxygen atoms in total. The largest absolute Gasteiger partial charge is 0.378 e. The Morgan fingerprint density at radius 3 is 2.64 bits per heavy atom. The summed E-state index contributed by atoms with van der Waals surface area (Å²) in [5.74, 6) is 1.68. The van der Waals surface area contributed by atoms with E-state index in [-0.39, 0.29) is 0 Å². The van der Waals surface area contributed by atoms with Crippen LogP contribution in [-0.2, 0) is 4.74 Å². The first kappa shape index (κ1) is 9.05. The smallest absolute Gasteiger partial charge is 0.0547 e. The molecule has 1 rings (SSSR count). The average molecular weight is 156 g/mol. The van der Waals surface area contributed by atoms with Crippen LogP contribution in [0.15, 0.2) is 0 Å². The van der Waals surface area contributed by atoms with Gasteiger partial charge in [-0.15, -0.1) is 0 Å². The summed E-state index contributed by atoms with van der Waals surface area (Å²) < 4.78 is 5.61. The van der Waals surface area contributed by atoms with Gasteiger partial charge in [0.15, 0.2) is 0 Å². The van der Waals surface area contributed by atoms with Gasteiger partial charge in [-0.25, -0.2) is 0 Å². The van der Waals surface area contributed by atoms with Gasteiger partial charge in [-0.05, 0) is 31.6 Å². The van der Waals surface area contributed by atoms with Crippen molar-refractivity contribution >= 4 is 0 Å². The highest BCUT2D eigenvalue weighted by molar-refractivity contribution is 4.71. The van der Waals surface area contributed by atoms with Crippen LogP contribution < -0.4 is 0 Å². The lowest BCUT2D eigenvalue weighted by Crippen LogP contribution is -2.27. The lowest BCUT2D eigenvalue weighted by molar-refractivity contribution is -0.0204. The highest BCUT2D eigenvalue weighted by atomic mass is 16.5. The molecule has 1 heteroatoms. The summed E-state index contributed by atoms with van der Waals surface area (Å²) in [7, 11) is 0. The highest BCUT2D eigenvalue weighted by Gasteiger charge is 2.22. The maximum absolute atomic E-state index is 5.61. The predicted molar refractivity (Wildman–Crippen MR) is 47.6 cm³/mol. The molecule has 0 radical (unpaired) electrons. The Morgan fingerprint density at radius 1 is 1.45 bits per heavy atom. The summed E-state index contributed by atoms with van der Waals surface area (Å²) >= 11 is 0. The van der Waals surface area contributed by atoms with E-state index < -0.39 is 0 Å². The SMILES string of the molecule is CC[C@@H](C)C1CC[C@H](C)OC1. The highest BCUT2D eigenvalue weighted by Crippen LogP contribution is 2.26. The molecular weight excluding hydrogens is 136 g/mol. The molecule has 1 saturated heterocycles. The van der Waals surface area contributed by atoms with Crippen LogP contribution in [0.3, 0.4) is 0 Å². The first-order chi connectivity index (χ1) is 5.24. The van der Waals surface area contributed by atoms with E-state index in [1.807, 2.05) is 0 Å². The summed E-state index contributed by atoms with van der Waals surface area (Å²) in [6, 6.07) is 0. The Hall–Kier alpha value is -0.0400. The standard InChI is InChI=1S/C10H20O/c1-4-8(2)10-6-5-9(3)11-7-10/h8-10H,4-7H2,1-3H3/t8-,9+,10?/m1/s1. The Kier molecular flexibility index (Phi) is 3.38. The zero-order valence-electron chi connectivity index (χ0n) is 7.97. The predicted octanol–water partition coefficient (Wildman–Crippen LogP) is 2.85. The van der Waals surface area contributed by atoms with E-state index in [2.05, 4.69) is 20.8 Å². The molecule has 0 N–H and O–H groups in total. The molecule has 0 aromatic rings. The van der Waals surface area contributed by atoms with Crippen molar-refractivity contribution < 1.29 is 4.74 Å². The fraction of sp³-hybridized carbons (Fsp3) is 1.00. The topological polar surface area (TPSA) is 9.23 Å². The number of rotatable bonds is 2. The van der Waals surface area contributed by atoms with Gasteiger partial charge >= 0.3 is 0 Å². The van der Waals surface area contributed by atoms with Gasteiger partial charge in [0, 0.05) is 6.61 Å². The fourth-order valence-electron chi connectivity index (χ4n) is 1.69. The van der Waals surface area contributed by atoms with Crippen LogP contribution in [0.2, 0.25) is 0 Å². The van der Waals surface area contributed by atoms with E-state index in [0.717, 1.165) is 18.4 Å².